The Labute approximate surface area is 138 Å². The second-order valence-electron chi connectivity index (χ2n) is 6.09. The summed E-state index contributed by atoms with van der Waals surface area (Å²) in [5.74, 6) is 1.28. The fourth-order valence-electron chi connectivity index (χ4n) is 2.86. The largest absolute Gasteiger partial charge is 0.484 e. The van der Waals surface area contributed by atoms with Gasteiger partial charge >= 0.3 is 0 Å². The number of benzene rings is 1. The van der Waals surface area contributed by atoms with Crippen LogP contribution in [-0.4, -0.2) is 49.9 Å². The van der Waals surface area contributed by atoms with Crippen molar-refractivity contribution in [2.75, 3.05) is 33.3 Å². The van der Waals surface area contributed by atoms with E-state index in [0.29, 0.717) is 17.2 Å². The minimum atomic E-state index is -0.00887. The zero-order chi connectivity index (χ0) is 16.7. The second-order valence-corrected chi connectivity index (χ2v) is 6.09. The van der Waals surface area contributed by atoms with E-state index in [-0.39, 0.29) is 18.3 Å². The van der Waals surface area contributed by atoms with E-state index >= 15 is 0 Å². The molecule has 0 bridgehead atoms. The maximum Gasteiger partial charge on any atom is 0.260 e. The van der Waals surface area contributed by atoms with Gasteiger partial charge in [0.2, 0.25) is 0 Å². The number of hydrogen-bond donors (Lipinski definition) is 1. The van der Waals surface area contributed by atoms with Gasteiger partial charge in [0.25, 0.3) is 5.91 Å². The standard InChI is InChI=1S/C18H26N2O3/c1-14(21)16-4-3-5-17(12-16)23-13-18(22)20-10-7-15(8-11-20)6-9-19-2/h3-5,12,15,19H,6-11,13H2,1-2H3. The third kappa shape index (κ3) is 5.36. The molecule has 126 valence electrons. The van der Waals surface area contributed by atoms with Crippen molar-refractivity contribution < 1.29 is 14.3 Å². The van der Waals surface area contributed by atoms with Crippen LogP contribution in [0.4, 0.5) is 0 Å². The van der Waals surface area contributed by atoms with Crippen LogP contribution in [-0.2, 0) is 4.79 Å². The predicted molar refractivity (Wildman–Crippen MR) is 89.8 cm³/mol. The van der Waals surface area contributed by atoms with Crippen molar-refractivity contribution in [3.63, 3.8) is 0 Å². The van der Waals surface area contributed by atoms with Crippen molar-refractivity contribution in [1.29, 1.82) is 0 Å². The van der Waals surface area contributed by atoms with E-state index in [0.717, 1.165) is 32.5 Å². The van der Waals surface area contributed by atoms with E-state index in [2.05, 4.69) is 5.32 Å². The number of hydrogen-bond acceptors (Lipinski definition) is 4. The normalized spacial score (nSPS) is 15.5. The third-order valence-electron chi connectivity index (χ3n) is 4.37. The number of piperidine rings is 1. The zero-order valence-corrected chi connectivity index (χ0v) is 14.0. The lowest BCUT2D eigenvalue weighted by molar-refractivity contribution is -0.134. The van der Waals surface area contributed by atoms with Crippen LogP contribution in [0, 0.1) is 5.92 Å². The van der Waals surface area contributed by atoms with E-state index in [4.69, 9.17) is 4.74 Å². The van der Waals surface area contributed by atoms with Crippen molar-refractivity contribution in [2.45, 2.75) is 26.2 Å². The van der Waals surface area contributed by atoms with Gasteiger partial charge in [-0.25, -0.2) is 0 Å². The number of rotatable bonds is 7. The first-order valence-corrected chi connectivity index (χ1v) is 8.26. The summed E-state index contributed by atoms with van der Waals surface area (Å²) in [7, 11) is 1.97. The molecule has 23 heavy (non-hydrogen) atoms. The van der Waals surface area contributed by atoms with Gasteiger partial charge in [-0.05, 0) is 57.8 Å². The molecule has 1 aliphatic rings. The molecule has 0 atom stereocenters. The van der Waals surface area contributed by atoms with Crippen LogP contribution in [0.1, 0.15) is 36.5 Å². The first-order valence-electron chi connectivity index (χ1n) is 8.26. The van der Waals surface area contributed by atoms with E-state index in [1.54, 1.807) is 24.3 Å². The lowest BCUT2D eigenvalue weighted by atomic mass is 9.93. The fraction of sp³-hybridized carbons (Fsp3) is 0.556. The molecule has 1 amide bonds. The maximum atomic E-state index is 12.2. The number of ketones is 1. The van der Waals surface area contributed by atoms with Crippen molar-refractivity contribution in [3.05, 3.63) is 29.8 Å². The number of nitrogens with zero attached hydrogens (tertiary/aromatic N) is 1. The smallest absolute Gasteiger partial charge is 0.260 e. The zero-order valence-electron chi connectivity index (χ0n) is 14.0. The lowest BCUT2D eigenvalue weighted by Gasteiger charge is -2.32. The van der Waals surface area contributed by atoms with Crippen molar-refractivity contribution >= 4 is 11.7 Å². The first-order chi connectivity index (χ1) is 11.1. The average molecular weight is 318 g/mol. The number of likely N-dealkylation sites (tertiary alicyclic amines) is 1. The van der Waals surface area contributed by atoms with Crippen molar-refractivity contribution in [2.24, 2.45) is 5.92 Å². The number of carbonyl (C=O) groups is 2. The van der Waals surface area contributed by atoms with Gasteiger partial charge in [0, 0.05) is 18.7 Å². The molecule has 1 aromatic rings. The molecule has 0 spiro atoms. The van der Waals surface area contributed by atoms with Crippen LogP contribution in [0.5, 0.6) is 5.75 Å². The molecular formula is C18H26N2O3. The summed E-state index contributed by atoms with van der Waals surface area (Å²) >= 11 is 0. The third-order valence-corrected chi connectivity index (χ3v) is 4.37. The highest BCUT2D eigenvalue weighted by atomic mass is 16.5. The Hall–Kier alpha value is -1.88. The second kappa shape index (κ2) is 8.67. The summed E-state index contributed by atoms with van der Waals surface area (Å²) < 4.78 is 5.55. The Morgan fingerprint density at radius 1 is 1.30 bits per heavy atom. The molecule has 1 heterocycles. The Morgan fingerprint density at radius 2 is 2.04 bits per heavy atom. The molecule has 1 fully saturated rings. The van der Waals surface area contributed by atoms with Crippen LogP contribution in [0.2, 0.25) is 0 Å². The molecule has 5 nitrogen and oxygen atoms in total. The molecule has 1 saturated heterocycles. The van der Waals surface area contributed by atoms with Gasteiger partial charge in [-0.1, -0.05) is 12.1 Å². The van der Waals surface area contributed by atoms with Gasteiger partial charge in [-0.3, -0.25) is 9.59 Å². The minimum absolute atomic E-state index is 0.00887. The van der Waals surface area contributed by atoms with Crippen LogP contribution < -0.4 is 10.1 Å². The summed E-state index contributed by atoms with van der Waals surface area (Å²) in [6.07, 6.45) is 3.30. The van der Waals surface area contributed by atoms with Crippen molar-refractivity contribution in [1.82, 2.24) is 10.2 Å². The summed E-state index contributed by atoms with van der Waals surface area (Å²) in [5.41, 5.74) is 0.597. The van der Waals surface area contributed by atoms with Crippen molar-refractivity contribution in [3.8, 4) is 5.75 Å². The Bertz CT molecular complexity index is 537. The van der Waals surface area contributed by atoms with Crippen LogP contribution in [0.25, 0.3) is 0 Å². The number of amides is 1. The molecule has 1 aliphatic heterocycles. The first kappa shape index (κ1) is 17.5. The SMILES string of the molecule is CNCCC1CCN(C(=O)COc2cccc(C(C)=O)c2)CC1. The van der Waals surface area contributed by atoms with E-state index in [1.807, 2.05) is 11.9 Å². The molecule has 0 aromatic heterocycles. The monoisotopic (exact) mass is 318 g/mol. The predicted octanol–water partition coefficient (Wildman–Crippen LogP) is 2.12. The van der Waals surface area contributed by atoms with Gasteiger partial charge in [-0.2, -0.15) is 0 Å². The molecule has 5 heteroatoms. The summed E-state index contributed by atoms with van der Waals surface area (Å²) in [4.78, 5) is 25.5. The van der Waals surface area contributed by atoms with Crippen LogP contribution >= 0.6 is 0 Å². The van der Waals surface area contributed by atoms with E-state index in [9.17, 15) is 9.59 Å². The fourth-order valence-corrected chi connectivity index (χ4v) is 2.86. The number of ether oxygens (including phenoxy) is 1. The summed E-state index contributed by atoms with van der Waals surface area (Å²) in [6, 6.07) is 6.96. The highest BCUT2D eigenvalue weighted by molar-refractivity contribution is 5.94. The van der Waals surface area contributed by atoms with E-state index in [1.165, 1.54) is 13.3 Å². The Kier molecular flexibility index (Phi) is 6.59. The molecule has 0 aliphatic carbocycles. The van der Waals surface area contributed by atoms with E-state index < -0.39 is 0 Å². The molecule has 1 N–H and O–H groups in total. The minimum Gasteiger partial charge on any atom is -0.484 e. The number of nitrogens with one attached hydrogen (secondary N) is 1. The van der Waals surface area contributed by atoms with Gasteiger partial charge < -0.3 is 15.0 Å². The highest BCUT2D eigenvalue weighted by Gasteiger charge is 2.22. The molecule has 0 saturated carbocycles. The Balaban J connectivity index is 1.77. The quantitative estimate of drug-likeness (QED) is 0.782. The van der Waals surface area contributed by atoms with Crippen LogP contribution in [0.3, 0.4) is 0 Å². The molecule has 0 radical (unpaired) electrons. The molecule has 1 aromatic carbocycles. The number of Topliss-reactive ketones (excluding diaryl/α,β-unsaturated/α-hetero) is 1. The van der Waals surface area contributed by atoms with Gasteiger partial charge in [0.15, 0.2) is 12.4 Å². The highest BCUT2D eigenvalue weighted by Crippen LogP contribution is 2.20. The van der Waals surface area contributed by atoms with Crippen LogP contribution in [0.15, 0.2) is 24.3 Å². The topological polar surface area (TPSA) is 58.6 Å². The lowest BCUT2D eigenvalue weighted by Crippen LogP contribution is -2.41. The molecule has 2 rings (SSSR count). The molecule has 0 unspecified atom stereocenters. The molecular weight excluding hydrogens is 292 g/mol. The van der Waals surface area contributed by atoms with Gasteiger partial charge in [0.05, 0.1) is 0 Å². The number of carbonyl (C=O) groups excluding carboxylic acids is 2. The average Bonchev–Trinajstić information content (AvgIpc) is 2.58. The Morgan fingerprint density at radius 3 is 2.70 bits per heavy atom. The maximum absolute atomic E-state index is 12.2. The summed E-state index contributed by atoms with van der Waals surface area (Å²) in [5, 5.41) is 3.18. The van der Waals surface area contributed by atoms with Gasteiger partial charge in [-0.15, -0.1) is 0 Å². The summed E-state index contributed by atoms with van der Waals surface area (Å²) in [6.45, 7) is 4.20. The van der Waals surface area contributed by atoms with Gasteiger partial charge in [0.1, 0.15) is 5.75 Å².